The zero-order valence-electron chi connectivity index (χ0n) is 10.2. The van der Waals surface area contributed by atoms with Gasteiger partial charge in [-0.2, -0.15) is 4.98 Å². The Morgan fingerprint density at radius 2 is 2.26 bits per heavy atom. The van der Waals surface area contributed by atoms with E-state index in [-0.39, 0.29) is 12.1 Å². The number of aliphatic hydroxyl groups excluding tert-OH is 1. The Morgan fingerprint density at radius 3 is 3.00 bits per heavy atom. The van der Waals surface area contributed by atoms with E-state index in [1.54, 1.807) is 0 Å². The summed E-state index contributed by atoms with van der Waals surface area (Å²) in [5.41, 5.74) is 0.968. The highest BCUT2D eigenvalue weighted by molar-refractivity contribution is 6.31. The second-order valence-corrected chi connectivity index (χ2v) is 5.07. The minimum atomic E-state index is -0.344. The van der Waals surface area contributed by atoms with Crippen LogP contribution in [0.15, 0.2) is 28.8 Å². The molecule has 5 nitrogen and oxygen atoms in total. The van der Waals surface area contributed by atoms with Crippen LogP contribution in [0.4, 0.5) is 0 Å². The van der Waals surface area contributed by atoms with Crippen LogP contribution in [0.2, 0.25) is 5.02 Å². The lowest BCUT2D eigenvalue weighted by Crippen LogP contribution is -2.15. The molecule has 0 aliphatic carbocycles. The minimum absolute atomic E-state index is 0.0532. The number of rotatable bonds is 3. The van der Waals surface area contributed by atoms with E-state index in [1.807, 2.05) is 24.3 Å². The zero-order chi connectivity index (χ0) is 13.2. The molecule has 0 saturated carbocycles. The van der Waals surface area contributed by atoms with Crippen LogP contribution < -0.4 is 5.32 Å². The van der Waals surface area contributed by atoms with Gasteiger partial charge in [-0.1, -0.05) is 35.0 Å². The standard InChI is InChI=1S/C13H14ClN3O2/c14-10-4-2-1-3-8(10)5-12-16-13(19-17-12)11-6-9(18)7-15-11/h1-4,9,11,15,18H,5-7H2/t9?,11-/m0/s1. The lowest BCUT2D eigenvalue weighted by Gasteiger charge is -2.01. The van der Waals surface area contributed by atoms with Crippen LogP contribution in [-0.2, 0) is 6.42 Å². The average Bonchev–Trinajstić information content (AvgIpc) is 3.01. The third-order valence-electron chi connectivity index (χ3n) is 3.20. The van der Waals surface area contributed by atoms with E-state index in [4.69, 9.17) is 16.1 Å². The first kappa shape index (κ1) is 12.6. The number of benzene rings is 1. The molecule has 6 heteroatoms. The van der Waals surface area contributed by atoms with Crippen LogP contribution in [0.5, 0.6) is 0 Å². The Kier molecular flexibility index (Phi) is 3.50. The van der Waals surface area contributed by atoms with E-state index in [9.17, 15) is 5.11 Å². The van der Waals surface area contributed by atoms with E-state index in [1.165, 1.54) is 0 Å². The molecular weight excluding hydrogens is 266 g/mol. The van der Waals surface area contributed by atoms with Crippen molar-refractivity contribution in [2.75, 3.05) is 6.54 Å². The highest BCUT2D eigenvalue weighted by Gasteiger charge is 2.28. The van der Waals surface area contributed by atoms with Crippen LogP contribution in [0.3, 0.4) is 0 Å². The molecule has 3 rings (SSSR count). The molecule has 1 aliphatic heterocycles. The van der Waals surface area contributed by atoms with Crippen LogP contribution in [0.25, 0.3) is 0 Å². The molecule has 1 saturated heterocycles. The van der Waals surface area contributed by atoms with Crippen molar-refractivity contribution >= 4 is 11.6 Å². The topological polar surface area (TPSA) is 71.2 Å². The van der Waals surface area contributed by atoms with Crippen molar-refractivity contribution in [2.24, 2.45) is 0 Å². The van der Waals surface area contributed by atoms with Gasteiger partial charge in [0.05, 0.1) is 12.1 Å². The van der Waals surface area contributed by atoms with Gasteiger partial charge in [-0.05, 0) is 18.1 Å². The summed E-state index contributed by atoms with van der Waals surface area (Å²) >= 11 is 6.10. The number of aromatic nitrogens is 2. The van der Waals surface area contributed by atoms with Gasteiger partial charge >= 0.3 is 0 Å². The molecule has 1 unspecified atom stereocenters. The summed E-state index contributed by atoms with van der Waals surface area (Å²) in [7, 11) is 0. The lowest BCUT2D eigenvalue weighted by atomic mass is 10.1. The Hall–Kier alpha value is -1.43. The smallest absolute Gasteiger partial charge is 0.243 e. The number of β-amino-alcohol motifs (C(OH)–C–C–N with tert-alkyl or cyclic N) is 1. The summed E-state index contributed by atoms with van der Waals surface area (Å²) in [5, 5.41) is 17.3. The predicted molar refractivity (Wildman–Crippen MR) is 69.9 cm³/mol. The maximum atomic E-state index is 9.47. The first-order valence-electron chi connectivity index (χ1n) is 6.19. The fraction of sp³-hybridized carbons (Fsp3) is 0.385. The molecule has 2 heterocycles. The third kappa shape index (κ3) is 2.78. The molecule has 2 aromatic rings. The third-order valence-corrected chi connectivity index (χ3v) is 3.56. The number of halogens is 1. The number of nitrogens with zero attached hydrogens (tertiary/aromatic N) is 2. The van der Waals surface area contributed by atoms with Gasteiger partial charge in [0, 0.05) is 18.0 Å². The van der Waals surface area contributed by atoms with Crippen LogP contribution >= 0.6 is 11.6 Å². The molecule has 2 atom stereocenters. The summed E-state index contributed by atoms with van der Waals surface area (Å²) in [5.74, 6) is 1.13. The van der Waals surface area contributed by atoms with Crippen molar-refractivity contribution in [2.45, 2.75) is 25.0 Å². The summed E-state index contributed by atoms with van der Waals surface area (Å²) < 4.78 is 5.23. The van der Waals surface area contributed by atoms with Crippen LogP contribution in [0, 0.1) is 0 Å². The van der Waals surface area contributed by atoms with Gasteiger partial charge < -0.3 is 14.9 Å². The zero-order valence-corrected chi connectivity index (χ0v) is 11.0. The molecule has 0 amide bonds. The molecule has 0 spiro atoms. The van der Waals surface area contributed by atoms with Gasteiger partial charge in [0.25, 0.3) is 0 Å². The van der Waals surface area contributed by atoms with E-state index < -0.39 is 0 Å². The molecule has 1 aliphatic rings. The number of hydrogen-bond donors (Lipinski definition) is 2. The molecule has 1 aromatic heterocycles. The van der Waals surface area contributed by atoms with Gasteiger partial charge in [-0.25, -0.2) is 0 Å². The average molecular weight is 280 g/mol. The fourth-order valence-electron chi connectivity index (χ4n) is 2.20. The lowest BCUT2D eigenvalue weighted by molar-refractivity contribution is 0.191. The summed E-state index contributed by atoms with van der Waals surface area (Å²) in [6.07, 6.45) is 0.801. The van der Waals surface area contributed by atoms with Gasteiger partial charge in [0.1, 0.15) is 0 Å². The normalized spacial score (nSPS) is 22.8. The summed E-state index contributed by atoms with van der Waals surface area (Å²) in [6, 6.07) is 7.54. The first-order valence-corrected chi connectivity index (χ1v) is 6.57. The van der Waals surface area contributed by atoms with Crippen molar-refractivity contribution in [3.63, 3.8) is 0 Å². The van der Waals surface area contributed by atoms with Crippen molar-refractivity contribution in [3.05, 3.63) is 46.6 Å². The predicted octanol–water partition coefficient (Wildman–Crippen LogP) is 1.71. The van der Waals surface area contributed by atoms with Gasteiger partial charge in [0.2, 0.25) is 5.89 Å². The summed E-state index contributed by atoms with van der Waals surface area (Å²) in [6.45, 7) is 0.562. The van der Waals surface area contributed by atoms with E-state index in [0.29, 0.717) is 36.1 Å². The number of hydrogen-bond acceptors (Lipinski definition) is 5. The molecule has 19 heavy (non-hydrogen) atoms. The van der Waals surface area contributed by atoms with Gasteiger partial charge in [-0.3, -0.25) is 0 Å². The Labute approximate surface area is 115 Å². The second-order valence-electron chi connectivity index (χ2n) is 4.67. The van der Waals surface area contributed by atoms with Crippen LogP contribution in [-0.4, -0.2) is 27.9 Å². The maximum Gasteiger partial charge on any atom is 0.243 e. The SMILES string of the molecule is OC1CN[C@H](c2nc(Cc3ccccc3Cl)no2)C1. The van der Waals surface area contributed by atoms with Crippen molar-refractivity contribution < 1.29 is 9.63 Å². The summed E-state index contributed by atoms with van der Waals surface area (Å²) in [4.78, 5) is 4.35. The quantitative estimate of drug-likeness (QED) is 0.895. The Balaban J connectivity index is 1.73. The number of aliphatic hydroxyl groups is 1. The molecule has 0 bridgehead atoms. The largest absolute Gasteiger partial charge is 0.392 e. The Morgan fingerprint density at radius 1 is 1.42 bits per heavy atom. The van der Waals surface area contributed by atoms with Gasteiger partial charge in [0.15, 0.2) is 5.82 Å². The van der Waals surface area contributed by atoms with E-state index in [2.05, 4.69) is 15.5 Å². The first-order chi connectivity index (χ1) is 9.22. The maximum absolute atomic E-state index is 9.47. The molecule has 100 valence electrons. The molecular formula is C13H14ClN3O2. The number of nitrogens with one attached hydrogen (secondary N) is 1. The van der Waals surface area contributed by atoms with Crippen molar-refractivity contribution in [3.8, 4) is 0 Å². The van der Waals surface area contributed by atoms with Crippen molar-refractivity contribution in [1.29, 1.82) is 0 Å². The molecule has 2 N–H and O–H groups in total. The van der Waals surface area contributed by atoms with Crippen molar-refractivity contribution in [1.82, 2.24) is 15.5 Å². The Bertz CT molecular complexity index is 573. The molecule has 1 fully saturated rings. The van der Waals surface area contributed by atoms with E-state index in [0.717, 1.165) is 5.56 Å². The minimum Gasteiger partial charge on any atom is -0.392 e. The monoisotopic (exact) mass is 279 g/mol. The molecule has 1 aromatic carbocycles. The highest BCUT2D eigenvalue weighted by atomic mass is 35.5. The van der Waals surface area contributed by atoms with E-state index >= 15 is 0 Å². The fourth-order valence-corrected chi connectivity index (χ4v) is 2.40. The van der Waals surface area contributed by atoms with Gasteiger partial charge in [-0.15, -0.1) is 0 Å². The highest BCUT2D eigenvalue weighted by Crippen LogP contribution is 2.23. The molecule has 0 radical (unpaired) electrons. The second kappa shape index (κ2) is 5.28. The van der Waals surface area contributed by atoms with Crippen LogP contribution in [0.1, 0.15) is 29.7 Å².